The molecular formula is C13H18ClFO3Si. The van der Waals surface area contributed by atoms with Crippen LogP contribution in [0.4, 0.5) is 4.39 Å². The Morgan fingerprint density at radius 2 is 1.89 bits per heavy atom. The maximum absolute atomic E-state index is 13.2. The Labute approximate surface area is 118 Å². The highest BCUT2D eigenvalue weighted by Crippen LogP contribution is 2.40. The van der Waals surface area contributed by atoms with Crippen molar-refractivity contribution >= 4 is 25.9 Å². The molecule has 0 bridgehead atoms. The zero-order valence-electron chi connectivity index (χ0n) is 11.7. The number of carboxylic acid groups (broad SMARTS) is 1. The highest BCUT2D eigenvalue weighted by molar-refractivity contribution is 6.74. The number of hydrogen-bond acceptors (Lipinski definition) is 2. The number of carbonyl (C=O) groups is 1. The van der Waals surface area contributed by atoms with Crippen molar-refractivity contribution in [2.24, 2.45) is 0 Å². The second-order valence-electron chi connectivity index (χ2n) is 5.93. The summed E-state index contributed by atoms with van der Waals surface area (Å²) in [5.74, 6) is -1.89. The Morgan fingerprint density at radius 1 is 1.37 bits per heavy atom. The summed E-state index contributed by atoms with van der Waals surface area (Å²) >= 11 is 5.93. The summed E-state index contributed by atoms with van der Waals surface area (Å²) in [5.41, 5.74) is -0.241. The number of carboxylic acids is 1. The van der Waals surface area contributed by atoms with Crippen molar-refractivity contribution in [1.82, 2.24) is 0 Å². The van der Waals surface area contributed by atoms with Crippen LogP contribution in [0.15, 0.2) is 12.1 Å². The van der Waals surface area contributed by atoms with Gasteiger partial charge in [0.15, 0.2) is 0 Å². The molecule has 0 unspecified atom stereocenters. The van der Waals surface area contributed by atoms with Crippen LogP contribution in [0, 0.1) is 5.82 Å². The van der Waals surface area contributed by atoms with E-state index in [9.17, 15) is 9.18 Å². The van der Waals surface area contributed by atoms with Gasteiger partial charge >= 0.3 is 5.97 Å². The van der Waals surface area contributed by atoms with Crippen LogP contribution in [-0.4, -0.2) is 19.4 Å². The van der Waals surface area contributed by atoms with E-state index in [1.54, 1.807) is 0 Å². The molecule has 0 aromatic heterocycles. The van der Waals surface area contributed by atoms with Gasteiger partial charge in [-0.2, -0.15) is 0 Å². The molecule has 0 aliphatic heterocycles. The molecule has 3 nitrogen and oxygen atoms in total. The van der Waals surface area contributed by atoms with E-state index in [-0.39, 0.29) is 21.4 Å². The Bertz CT molecular complexity index is 509. The average Bonchev–Trinajstić information content (AvgIpc) is 2.19. The van der Waals surface area contributed by atoms with Crippen LogP contribution < -0.4 is 4.43 Å². The first-order valence-corrected chi connectivity index (χ1v) is 9.15. The molecule has 1 rings (SSSR count). The van der Waals surface area contributed by atoms with Crippen molar-refractivity contribution in [3.05, 3.63) is 28.5 Å². The summed E-state index contributed by atoms with van der Waals surface area (Å²) < 4.78 is 19.1. The Hall–Kier alpha value is -1.07. The fraction of sp³-hybridized carbons (Fsp3) is 0.462. The van der Waals surface area contributed by atoms with Crippen molar-refractivity contribution < 1.29 is 18.7 Å². The van der Waals surface area contributed by atoms with Crippen molar-refractivity contribution in [3.63, 3.8) is 0 Å². The van der Waals surface area contributed by atoms with E-state index < -0.39 is 20.1 Å². The molecule has 0 atom stereocenters. The van der Waals surface area contributed by atoms with Crippen molar-refractivity contribution in [3.8, 4) is 5.75 Å². The third kappa shape index (κ3) is 3.48. The molecule has 0 radical (unpaired) electrons. The van der Waals surface area contributed by atoms with E-state index in [1.165, 1.54) is 0 Å². The normalized spacial score (nSPS) is 12.4. The van der Waals surface area contributed by atoms with E-state index >= 15 is 0 Å². The van der Waals surface area contributed by atoms with Gasteiger partial charge in [0.25, 0.3) is 8.32 Å². The molecule has 6 heteroatoms. The first-order valence-electron chi connectivity index (χ1n) is 5.87. The molecule has 0 aliphatic carbocycles. The summed E-state index contributed by atoms with van der Waals surface area (Å²) in [6.07, 6.45) is 0. The Balaban J connectivity index is 3.32. The van der Waals surface area contributed by atoms with Crippen LogP contribution in [0.1, 0.15) is 31.1 Å². The molecule has 0 saturated carbocycles. The molecule has 1 N–H and O–H groups in total. The molecule has 0 fully saturated rings. The fourth-order valence-corrected chi connectivity index (χ4v) is 2.58. The van der Waals surface area contributed by atoms with E-state index in [2.05, 4.69) is 0 Å². The van der Waals surface area contributed by atoms with Crippen LogP contribution in [-0.2, 0) is 0 Å². The van der Waals surface area contributed by atoms with Gasteiger partial charge in [-0.05, 0) is 30.3 Å². The van der Waals surface area contributed by atoms with Crippen molar-refractivity contribution in [1.29, 1.82) is 0 Å². The second-order valence-corrected chi connectivity index (χ2v) is 11.1. The lowest BCUT2D eigenvalue weighted by Gasteiger charge is -2.37. The number of benzene rings is 1. The average molecular weight is 305 g/mol. The molecule has 1 aromatic rings. The number of halogens is 2. The molecule has 0 aliphatic rings. The predicted molar refractivity (Wildman–Crippen MR) is 76.2 cm³/mol. The first-order chi connectivity index (χ1) is 8.45. The van der Waals surface area contributed by atoms with Gasteiger partial charge in [-0.1, -0.05) is 32.4 Å². The molecule has 0 amide bonds. The van der Waals surface area contributed by atoms with Crippen LogP contribution in [0.5, 0.6) is 5.75 Å². The summed E-state index contributed by atoms with van der Waals surface area (Å²) in [6, 6.07) is 1.99. The molecule has 1 aromatic carbocycles. The van der Waals surface area contributed by atoms with E-state index in [0.29, 0.717) is 0 Å². The summed E-state index contributed by atoms with van der Waals surface area (Å²) in [7, 11) is -2.24. The topological polar surface area (TPSA) is 46.5 Å². The van der Waals surface area contributed by atoms with Crippen LogP contribution in [0.2, 0.25) is 23.2 Å². The largest absolute Gasteiger partial charge is 0.542 e. The molecule has 0 spiro atoms. The summed E-state index contributed by atoms with van der Waals surface area (Å²) in [4.78, 5) is 11.2. The monoisotopic (exact) mass is 304 g/mol. The minimum absolute atomic E-state index is 0.0118. The van der Waals surface area contributed by atoms with Gasteiger partial charge in [-0.15, -0.1) is 0 Å². The predicted octanol–water partition coefficient (Wildman–Crippen LogP) is 4.56. The standard InChI is InChI=1S/C13H18ClFO3Si/c1-13(2,3)19(4,5)18-11-9(12(16)17)6-8(15)7-10(11)14/h6-7H,1-5H3,(H,16,17). The van der Waals surface area contributed by atoms with Gasteiger partial charge in [0.2, 0.25) is 0 Å². The maximum atomic E-state index is 13.2. The van der Waals surface area contributed by atoms with Crippen LogP contribution >= 0.6 is 11.6 Å². The third-order valence-electron chi connectivity index (χ3n) is 3.40. The SMILES string of the molecule is CC(C)(C)[Si](C)(C)Oc1c(Cl)cc(F)cc1C(=O)O. The van der Waals surface area contributed by atoms with E-state index in [0.717, 1.165) is 12.1 Å². The summed E-state index contributed by atoms with van der Waals surface area (Å²) in [6.45, 7) is 10.0. The van der Waals surface area contributed by atoms with Gasteiger partial charge < -0.3 is 9.53 Å². The molecule has 0 saturated heterocycles. The lowest BCUT2D eigenvalue weighted by Crippen LogP contribution is -2.44. The second kappa shape index (κ2) is 5.13. The highest BCUT2D eigenvalue weighted by atomic mass is 35.5. The Morgan fingerprint density at radius 3 is 2.32 bits per heavy atom. The minimum Gasteiger partial charge on any atom is -0.542 e. The van der Waals surface area contributed by atoms with Gasteiger partial charge in [-0.3, -0.25) is 0 Å². The number of rotatable bonds is 3. The Kier molecular flexibility index (Phi) is 4.32. The molecular weight excluding hydrogens is 287 g/mol. The zero-order chi connectivity index (χ0) is 15.0. The van der Waals surface area contributed by atoms with E-state index in [4.69, 9.17) is 21.1 Å². The molecule has 0 heterocycles. The maximum Gasteiger partial charge on any atom is 0.339 e. The van der Waals surface area contributed by atoms with Crippen molar-refractivity contribution in [2.75, 3.05) is 0 Å². The number of aromatic carboxylic acids is 1. The zero-order valence-corrected chi connectivity index (χ0v) is 13.4. The van der Waals surface area contributed by atoms with Gasteiger partial charge in [0.1, 0.15) is 17.1 Å². The third-order valence-corrected chi connectivity index (χ3v) is 8.01. The van der Waals surface area contributed by atoms with Gasteiger partial charge in [0, 0.05) is 0 Å². The highest BCUT2D eigenvalue weighted by Gasteiger charge is 2.40. The fourth-order valence-electron chi connectivity index (χ4n) is 1.23. The van der Waals surface area contributed by atoms with Gasteiger partial charge in [-0.25, -0.2) is 9.18 Å². The molecule has 19 heavy (non-hydrogen) atoms. The minimum atomic E-state index is -2.24. The number of hydrogen-bond donors (Lipinski definition) is 1. The van der Waals surface area contributed by atoms with E-state index in [1.807, 2.05) is 33.9 Å². The van der Waals surface area contributed by atoms with Crippen molar-refractivity contribution in [2.45, 2.75) is 38.9 Å². The molecule has 106 valence electrons. The lowest BCUT2D eigenvalue weighted by molar-refractivity contribution is 0.0694. The lowest BCUT2D eigenvalue weighted by atomic mass is 10.2. The summed E-state index contributed by atoms with van der Waals surface area (Å²) in [5, 5.41) is 9.00. The van der Waals surface area contributed by atoms with Crippen LogP contribution in [0.3, 0.4) is 0 Å². The van der Waals surface area contributed by atoms with Crippen LogP contribution in [0.25, 0.3) is 0 Å². The quantitative estimate of drug-likeness (QED) is 0.833. The first kappa shape index (κ1) is 16.0. The van der Waals surface area contributed by atoms with Gasteiger partial charge in [0.05, 0.1) is 5.02 Å². The smallest absolute Gasteiger partial charge is 0.339 e.